The molecular weight excluding hydrogens is 347 g/mol. The van der Waals surface area contributed by atoms with Crippen LogP contribution in [-0.2, 0) is 19.8 Å². The smallest absolute Gasteiger partial charge is 0.435 e. The lowest BCUT2D eigenvalue weighted by atomic mass is 10.1. The molecule has 0 radical (unpaired) electrons. The van der Waals surface area contributed by atoms with Crippen molar-refractivity contribution in [3.63, 3.8) is 0 Å². The Kier molecular flexibility index (Phi) is 5.08. The molecule has 2 rings (SSSR count). The van der Waals surface area contributed by atoms with Gasteiger partial charge in [0.15, 0.2) is 5.69 Å². The molecule has 0 aliphatic carbocycles. The molecule has 0 unspecified atom stereocenters. The van der Waals surface area contributed by atoms with Gasteiger partial charge in [-0.25, -0.2) is 0 Å². The molecule has 0 fully saturated rings. The summed E-state index contributed by atoms with van der Waals surface area (Å²) < 4.78 is 45.1. The van der Waals surface area contributed by atoms with Crippen LogP contribution in [0.2, 0.25) is 5.02 Å². The molecule has 0 atom stereocenters. The van der Waals surface area contributed by atoms with Crippen LogP contribution in [0.15, 0.2) is 24.4 Å². The summed E-state index contributed by atoms with van der Waals surface area (Å²) in [6.45, 7) is 0.0365. The predicted molar refractivity (Wildman–Crippen MR) is 82.0 cm³/mol. The van der Waals surface area contributed by atoms with E-state index in [0.29, 0.717) is 16.3 Å². The Morgan fingerprint density at radius 1 is 1.42 bits per heavy atom. The second-order valence-electron chi connectivity index (χ2n) is 5.18. The SMILES string of the molecule is COc1ccc(Cl)cc1CN(C)C(=O)c1cn(C)nc1C(F)(F)F. The third-order valence-electron chi connectivity index (χ3n) is 3.32. The van der Waals surface area contributed by atoms with Gasteiger partial charge in [0.2, 0.25) is 0 Å². The number of hydrogen-bond acceptors (Lipinski definition) is 3. The van der Waals surface area contributed by atoms with Gasteiger partial charge in [0, 0.05) is 37.4 Å². The number of hydrogen-bond donors (Lipinski definition) is 0. The minimum absolute atomic E-state index is 0.0365. The highest BCUT2D eigenvalue weighted by Gasteiger charge is 2.39. The van der Waals surface area contributed by atoms with E-state index in [4.69, 9.17) is 16.3 Å². The second kappa shape index (κ2) is 6.72. The lowest BCUT2D eigenvalue weighted by Gasteiger charge is -2.19. The summed E-state index contributed by atoms with van der Waals surface area (Å²) in [5, 5.41) is 3.77. The first-order valence-electron chi connectivity index (χ1n) is 6.82. The number of rotatable bonds is 4. The summed E-state index contributed by atoms with van der Waals surface area (Å²) in [5.41, 5.74) is -1.13. The Labute approximate surface area is 141 Å². The van der Waals surface area contributed by atoms with Crippen molar-refractivity contribution in [1.29, 1.82) is 0 Å². The molecule has 5 nitrogen and oxygen atoms in total. The fraction of sp³-hybridized carbons (Fsp3) is 0.333. The molecule has 24 heavy (non-hydrogen) atoms. The quantitative estimate of drug-likeness (QED) is 0.838. The highest BCUT2D eigenvalue weighted by Crippen LogP contribution is 2.31. The molecule has 0 aliphatic rings. The molecular formula is C15H15ClF3N3O2. The van der Waals surface area contributed by atoms with E-state index in [9.17, 15) is 18.0 Å². The van der Waals surface area contributed by atoms with Crippen molar-refractivity contribution in [2.24, 2.45) is 7.05 Å². The van der Waals surface area contributed by atoms with Gasteiger partial charge in [-0.2, -0.15) is 18.3 Å². The van der Waals surface area contributed by atoms with Crippen molar-refractivity contribution in [2.75, 3.05) is 14.2 Å². The Morgan fingerprint density at radius 2 is 2.08 bits per heavy atom. The first kappa shape index (κ1) is 18.1. The Bertz CT molecular complexity index is 759. The van der Waals surface area contributed by atoms with Crippen molar-refractivity contribution in [3.8, 4) is 5.75 Å². The zero-order valence-electron chi connectivity index (χ0n) is 13.2. The van der Waals surface area contributed by atoms with E-state index in [1.165, 1.54) is 21.2 Å². The summed E-state index contributed by atoms with van der Waals surface area (Å²) in [6, 6.07) is 4.84. The molecule has 2 aromatic rings. The first-order valence-corrected chi connectivity index (χ1v) is 7.20. The van der Waals surface area contributed by atoms with Gasteiger partial charge in [-0.15, -0.1) is 0 Å². The molecule has 1 heterocycles. The van der Waals surface area contributed by atoms with Crippen LogP contribution in [0, 0.1) is 0 Å². The number of carbonyl (C=O) groups is 1. The molecule has 0 N–H and O–H groups in total. The normalized spacial score (nSPS) is 11.5. The molecule has 0 bridgehead atoms. The van der Waals surface area contributed by atoms with Crippen LogP contribution in [-0.4, -0.2) is 34.7 Å². The zero-order chi connectivity index (χ0) is 18.1. The molecule has 0 spiro atoms. The number of benzene rings is 1. The zero-order valence-corrected chi connectivity index (χ0v) is 13.9. The van der Waals surface area contributed by atoms with Crippen LogP contribution in [0.25, 0.3) is 0 Å². The van der Waals surface area contributed by atoms with E-state index in [1.54, 1.807) is 18.2 Å². The predicted octanol–water partition coefficient (Wildman–Crippen LogP) is 3.37. The van der Waals surface area contributed by atoms with Crippen molar-refractivity contribution in [1.82, 2.24) is 14.7 Å². The van der Waals surface area contributed by atoms with Gasteiger partial charge < -0.3 is 9.64 Å². The highest BCUT2D eigenvalue weighted by atomic mass is 35.5. The maximum atomic E-state index is 13.0. The molecule has 1 aromatic carbocycles. The maximum absolute atomic E-state index is 13.0. The van der Waals surface area contributed by atoms with Crippen LogP contribution < -0.4 is 4.74 Å². The number of ether oxygens (including phenoxy) is 1. The Hall–Kier alpha value is -2.22. The van der Waals surface area contributed by atoms with E-state index in [2.05, 4.69) is 5.10 Å². The number of aryl methyl sites for hydroxylation is 1. The fourth-order valence-corrected chi connectivity index (χ4v) is 2.45. The third kappa shape index (κ3) is 3.81. The largest absolute Gasteiger partial charge is 0.496 e. The van der Waals surface area contributed by atoms with Gasteiger partial charge in [-0.05, 0) is 18.2 Å². The Balaban J connectivity index is 2.30. The standard InChI is InChI=1S/C15H15ClF3N3O2/c1-21(7-9-6-10(16)4-5-12(9)24-3)14(23)11-8-22(2)20-13(11)15(17,18)19/h4-6,8H,7H2,1-3H3. The van der Waals surface area contributed by atoms with Gasteiger partial charge in [-0.1, -0.05) is 11.6 Å². The van der Waals surface area contributed by atoms with Crippen LogP contribution in [0.5, 0.6) is 5.75 Å². The van der Waals surface area contributed by atoms with E-state index in [0.717, 1.165) is 15.8 Å². The van der Waals surface area contributed by atoms with Crippen LogP contribution >= 0.6 is 11.6 Å². The van der Waals surface area contributed by atoms with Gasteiger partial charge in [0.05, 0.1) is 12.7 Å². The van der Waals surface area contributed by atoms with Crippen LogP contribution in [0.4, 0.5) is 13.2 Å². The summed E-state index contributed by atoms with van der Waals surface area (Å²) in [6.07, 6.45) is -3.66. The molecule has 9 heteroatoms. The highest BCUT2D eigenvalue weighted by molar-refractivity contribution is 6.30. The number of nitrogens with zero attached hydrogens (tertiary/aromatic N) is 3. The molecule has 0 saturated heterocycles. The van der Waals surface area contributed by atoms with Gasteiger partial charge >= 0.3 is 6.18 Å². The molecule has 0 saturated carbocycles. The minimum atomic E-state index is -4.71. The summed E-state index contributed by atoms with van der Waals surface area (Å²) in [4.78, 5) is 13.6. The average molecular weight is 362 g/mol. The van der Waals surface area contributed by atoms with Gasteiger partial charge in [0.1, 0.15) is 5.75 Å². The van der Waals surface area contributed by atoms with Gasteiger partial charge in [-0.3, -0.25) is 9.48 Å². The first-order chi connectivity index (χ1) is 11.1. The number of carbonyl (C=O) groups excluding carboxylic acids is 1. The Morgan fingerprint density at radius 3 is 2.67 bits per heavy atom. The van der Waals surface area contributed by atoms with E-state index >= 15 is 0 Å². The van der Waals surface area contributed by atoms with Crippen LogP contribution in [0.1, 0.15) is 21.6 Å². The number of alkyl halides is 3. The average Bonchev–Trinajstić information content (AvgIpc) is 2.89. The molecule has 1 amide bonds. The van der Waals surface area contributed by atoms with Crippen molar-refractivity contribution in [2.45, 2.75) is 12.7 Å². The molecule has 0 aliphatic heterocycles. The lowest BCUT2D eigenvalue weighted by Crippen LogP contribution is -2.28. The van der Waals surface area contributed by atoms with Crippen molar-refractivity contribution >= 4 is 17.5 Å². The van der Waals surface area contributed by atoms with E-state index < -0.39 is 23.3 Å². The second-order valence-corrected chi connectivity index (χ2v) is 5.62. The maximum Gasteiger partial charge on any atom is 0.435 e. The van der Waals surface area contributed by atoms with Crippen LogP contribution in [0.3, 0.4) is 0 Å². The summed E-state index contributed by atoms with van der Waals surface area (Å²) in [7, 11) is 4.18. The minimum Gasteiger partial charge on any atom is -0.496 e. The number of aromatic nitrogens is 2. The fourth-order valence-electron chi connectivity index (χ4n) is 2.26. The topological polar surface area (TPSA) is 47.4 Å². The lowest BCUT2D eigenvalue weighted by molar-refractivity contribution is -0.141. The third-order valence-corrected chi connectivity index (χ3v) is 3.56. The number of methoxy groups -OCH3 is 1. The van der Waals surface area contributed by atoms with E-state index in [1.807, 2.05) is 0 Å². The summed E-state index contributed by atoms with van der Waals surface area (Å²) >= 11 is 5.92. The van der Waals surface area contributed by atoms with Crippen molar-refractivity contribution in [3.05, 3.63) is 46.2 Å². The monoisotopic (exact) mass is 361 g/mol. The number of amides is 1. The van der Waals surface area contributed by atoms with Crippen molar-refractivity contribution < 1.29 is 22.7 Å². The molecule has 130 valence electrons. The molecule has 1 aromatic heterocycles. The van der Waals surface area contributed by atoms with Gasteiger partial charge in [0.25, 0.3) is 5.91 Å². The summed E-state index contributed by atoms with van der Waals surface area (Å²) in [5.74, 6) is -0.307. The van der Waals surface area contributed by atoms with E-state index in [-0.39, 0.29) is 6.54 Å². The number of halogens is 4.